The third-order valence-corrected chi connectivity index (χ3v) is 2.75. The van der Waals surface area contributed by atoms with Gasteiger partial charge in [0.05, 0.1) is 11.1 Å². The number of aromatic hydroxyl groups is 2. The molecule has 0 aliphatic heterocycles. The molecule has 0 bridgehead atoms. The zero-order valence-corrected chi connectivity index (χ0v) is 10.5. The normalized spacial score (nSPS) is 10.6. The van der Waals surface area contributed by atoms with Crippen molar-refractivity contribution in [2.45, 2.75) is 20.3 Å². The Morgan fingerprint density at radius 1 is 1.11 bits per heavy atom. The summed E-state index contributed by atoms with van der Waals surface area (Å²) in [5.74, 6) is -0.206. The summed E-state index contributed by atoms with van der Waals surface area (Å²) in [6, 6.07) is 2.67. The maximum atomic E-state index is 11.7. The standard InChI is InChI=1S/C13H13NO5/c1-6-3-10(15)8(12(17)14-6)5-9-11(16)4-7(2)19-13(9)18/h3-4,16H,5H2,1-2H3,(H2,14,15,17). The minimum atomic E-state index is -0.725. The predicted octanol–water partition coefficient (Wildman–Crippen LogP) is 0.947. The fourth-order valence-electron chi connectivity index (χ4n) is 1.83. The molecule has 0 atom stereocenters. The summed E-state index contributed by atoms with van der Waals surface area (Å²) in [4.78, 5) is 25.9. The third kappa shape index (κ3) is 2.52. The zero-order valence-electron chi connectivity index (χ0n) is 10.5. The van der Waals surface area contributed by atoms with E-state index in [4.69, 9.17) is 4.42 Å². The number of hydrogen-bond acceptors (Lipinski definition) is 5. The number of aromatic amines is 1. The molecule has 100 valence electrons. The molecule has 0 saturated heterocycles. The van der Waals surface area contributed by atoms with E-state index in [1.165, 1.54) is 19.1 Å². The van der Waals surface area contributed by atoms with Crippen LogP contribution in [-0.4, -0.2) is 15.2 Å². The first-order chi connectivity index (χ1) is 8.88. The van der Waals surface area contributed by atoms with Gasteiger partial charge in [0.2, 0.25) is 0 Å². The van der Waals surface area contributed by atoms with Crippen LogP contribution in [0.1, 0.15) is 22.6 Å². The van der Waals surface area contributed by atoms with E-state index in [2.05, 4.69) is 4.98 Å². The average molecular weight is 263 g/mol. The molecule has 0 aromatic carbocycles. The van der Waals surface area contributed by atoms with Crippen LogP contribution in [0.3, 0.4) is 0 Å². The van der Waals surface area contributed by atoms with Crippen molar-refractivity contribution >= 4 is 0 Å². The summed E-state index contributed by atoms with van der Waals surface area (Å²) in [6.07, 6.45) is -0.199. The van der Waals surface area contributed by atoms with Gasteiger partial charge in [0.1, 0.15) is 17.3 Å². The second kappa shape index (κ2) is 4.64. The monoisotopic (exact) mass is 263 g/mol. The SMILES string of the molecule is Cc1cc(O)c(Cc2c(O)cc(C)oc2=O)c(=O)[nH]1. The van der Waals surface area contributed by atoms with Crippen molar-refractivity contribution in [1.82, 2.24) is 4.98 Å². The van der Waals surface area contributed by atoms with Crippen LogP contribution in [0.5, 0.6) is 11.5 Å². The number of hydrogen-bond donors (Lipinski definition) is 3. The molecule has 0 aliphatic carbocycles. The first-order valence-electron chi connectivity index (χ1n) is 5.63. The summed E-state index contributed by atoms with van der Waals surface area (Å²) in [5.41, 5.74) is -0.771. The lowest BCUT2D eigenvalue weighted by Crippen LogP contribution is -2.17. The summed E-state index contributed by atoms with van der Waals surface area (Å²) < 4.78 is 4.86. The molecule has 0 aliphatic rings. The zero-order chi connectivity index (χ0) is 14.2. The molecular formula is C13H13NO5. The molecule has 3 N–H and O–H groups in total. The highest BCUT2D eigenvalue weighted by Crippen LogP contribution is 2.21. The van der Waals surface area contributed by atoms with E-state index in [-0.39, 0.29) is 34.8 Å². The summed E-state index contributed by atoms with van der Waals surface area (Å²) in [7, 11) is 0. The topological polar surface area (TPSA) is 104 Å². The van der Waals surface area contributed by atoms with Crippen LogP contribution in [0.25, 0.3) is 0 Å². The predicted molar refractivity (Wildman–Crippen MR) is 67.7 cm³/mol. The Hall–Kier alpha value is -2.50. The van der Waals surface area contributed by atoms with Gasteiger partial charge >= 0.3 is 5.63 Å². The lowest BCUT2D eigenvalue weighted by Gasteiger charge is -2.06. The highest BCUT2D eigenvalue weighted by Gasteiger charge is 2.15. The van der Waals surface area contributed by atoms with Crippen molar-refractivity contribution in [2.75, 3.05) is 0 Å². The van der Waals surface area contributed by atoms with Gasteiger partial charge in [0.25, 0.3) is 5.56 Å². The van der Waals surface area contributed by atoms with Crippen LogP contribution in [0, 0.1) is 13.8 Å². The van der Waals surface area contributed by atoms with Crippen molar-refractivity contribution in [2.24, 2.45) is 0 Å². The Morgan fingerprint density at radius 3 is 2.32 bits per heavy atom. The molecule has 2 aromatic heterocycles. The summed E-state index contributed by atoms with van der Waals surface area (Å²) >= 11 is 0. The minimum Gasteiger partial charge on any atom is -0.507 e. The quantitative estimate of drug-likeness (QED) is 0.748. The molecule has 0 unspecified atom stereocenters. The van der Waals surface area contributed by atoms with Gasteiger partial charge in [0, 0.05) is 18.2 Å². The van der Waals surface area contributed by atoms with Gasteiger partial charge in [-0.3, -0.25) is 4.79 Å². The summed E-state index contributed by atoms with van der Waals surface area (Å²) in [6.45, 7) is 3.16. The molecule has 0 fully saturated rings. The molecule has 0 saturated carbocycles. The lowest BCUT2D eigenvalue weighted by atomic mass is 10.1. The van der Waals surface area contributed by atoms with Crippen LogP contribution in [0.15, 0.2) is 26.1 Å². The van der Waals surface area contributed by atoms with E-state index in [9.17, 15) is 19.8 Å². The molecule has 0 amide bonds. The van der Waals surface area contributed by atoms with Gasteiger partial charge in [-0.1, -0.05) is 0 Å². The largest absolute Gasteiger partial charge is 0.507 e. The van der Waals surface area contributed by atoms with E-state index < -0.39 is 11.2 Å². The van der Waals surface area contributed by atoms with E-state index in [0.717, 1.165) is 0 Å². The number of nitrogens with one attached hydrogen (secondary N) is 1. The molecular weight excluding hydrogens is 250 g/mol. The smallest absolute Gasteiger partial charge is 0.343 e. The maximum absolute atomic E-state index is 11.7. The maximum Gasteiger partial charge on any atom is 0.343 e. The first-order valence-corrected chi connectivity index (χ1v) is 5.63. The second-order valence-corrected chi connectivity index (χ2v) is 4.33. The molecule has 2 rings (SSSR count). The average Bonchev–Trinajstić information content (AvgIpc) is 2.25. The van der Waals surface area contributed by atoms with E-state index >= 15 is 0 Å². The van der Waals surface area contributed by atoms with Crippen molar-refractivity contribution in [1.29, 1.82) is 0 Å². The van der Waals surface area contributed by atoms with Gasteiger partial charge in [-0.25, -0.2) is 4.79 Å². The first kappa shape index (κ1) is 12.9. The van der Waals surface area contributed by atoms with Crippen LogP contribution < -0.4 is 11.2 Å². The van der Waals surface area contributed by atoms with Gasteiger partial charge in [0.15, 0.2) is 0 Å². The third-order valence-electron chi connectivity index (χ3n) is 2.75. The second-order valence-electron chi connectivity index (χ2n) is 4.33. The fraction of sp³-hybridized carbons (Fsp3) is 0.231. The lowest BCUT2D eigenvalue weighted by molar-refractivity contribution is 0.423. The van der Waals surface area contributed by atoms with Crippen LogP contribution in [0.2, 0.25) is 0 Å². The number of pyridine rings is 1. The van der Waals surface area contributed by atoms with Gasteiger partial charge in [-0.15, -0.1) is 0 Å². The van der Waals surface area contributed by atoms with Crippen molar-refractivity contribution in [3.8, 4) is 11.5 Å². The van der Waals surface area contributed by atoms with Gasteiger partial charge in [-0.05, 0) is 19.9 Å². The molecule has 2 heterocycles. The highest BCUT2D eigenvalue weighted by atomic mass is 16.4. The highest BCUT2D eigenvalue weighted by molar-refractivity contribution is 5.39. The van der Waals surface area contributed by atoms with E-state index in [0.29, 0.717) is 5.69 Å². The van der Waals surface area contributed by atoms with Crippen LogP contribution in [0.4, 0.5) is 0 Å². The van der Waals surface area contributed by atoms with E-state index in [1.807, 2.05) is 0 Å². The Kier molecular flexibility index (Phi) is 3.16. The molecule has 19 heavy (non-hydrogen) atoms. The Labute approximate surface area is 108 Å². The van der Waals surface area contributed by atoms with Gasteiger partial charge < -0.3 is 19.6 Å². The number of rotatable bonds is 2. The molecule has 6 nitrogen and oxygen atoms in total. The summed E-state index contributed by atoms with van der Waals surface area (Å²) in [5, 5.41) is 19.5. The molecule has 0 radical (unpaired) electrons. The van der Waals surface area contributed by atoms with E-state index in [1.54, 1.807) is 6.92 Å². The van der Waals surface area contributed by atoms with Gasteiger partial charge in [-0.2, -0.15) is 0 Å². The minimum absolute atomic E-state index is 0.0112. The number of H-pyrrole nitrogens is 1. The Morgan fingerprint density at radius 2 is 1.74 bits per heavy atom. The molecule has 0 spiro atoms. The fourth-order valence-corrected chi connectivity index (χ4v) is 1.83. The van der Waals surface area contributed by atoms with Crippen LogP contribution >= 0.6 is 0 Å². The van der Waals surface area contributed by atoms with Crippen molar-refractivity contribution < 1.29 is 14.6 Å². The van der Waals surface area contributed by atoms with Crippen molar-refractivity contribution in [3.63, 3.8) is 0 Å². The Bertz CT molecular complexity index is 678. The molecule has 2 aromatic rings. The Balaban J connectivity index is 2.54. The van der Waals surface area contributed by atoms with Crippen LogP contribution in [-0.2, 0) is 6.42 Å². The number of aromatic nitrogens is 1. The van der Waals surface area contributed by atoms with Crippen molar-refractivity contribution in [3.05, 3.63) is 55.5 Å². The molecule has 6 heteroatoms. The number of aryl methyl sites for hydroxylation is 2.